The molecule has 3 heterocycles. The van der Waals surface area contributed by atoms with Gasteiger partial charge >= 0.3 is 5.97 Å². The zero-order valence-corrected chi connectivity index (χ0v) is 16.0. The first kappa shape index (κ1) is 18.7. The lowest BCUT2D eigenvalue weighted by molar-refractivity contribution is -0.143. The Morgan fingerprint density at radius 2 is 1.96 bits per heavy atom. The van der Waals surface area contributed by atoms with Crippen molar-refractivity contribution in [2.24, 2.45) is 13.0 Å². The first-order valence-corrected chi connectivity index (χ1v) is 9.76. The van der Waals surface area contributed by atoms with Crippen molar-refractivity contribution in [1.82, 2.24) is 15.1 Å². The van der Waals surface area contributed by atoms with Crippen LogP contribution in [0.5, 0.6) is 5.75 Å². The van der Waals surface area contributed by atoms with E-state index in [0.29, 0.717) is 18.1 Å². The van der Waals surface area contributed by atoms with E-state index in [2.05, 4.69) is 10.4 Å². The minimum atomic E-state index is -0.464. The van der Waals surface area contributed by atoms with Crippen LogP contribution in [0.1, 0.15) is 48.8 Å². The second-order valence-corrected chi connectivity index (χ2v) is 7.58. The van der Waals surface area contributed by atoms with E-state index >= 15 is 0 Å². The van der Waals surface area contributed by atoms with Gasteiger partial charge in [0.15, 0.2) is 0 Å². The lowest BCUT2D eigenvalue weighted by atomic mass is 9.89. The highest BCUT2D eigenvalue weighted by Gasteiger charge is 2.34. The number of nitrogens with zero attached hydrogens (tertiary/aromatic N) is 2. The highest BCUT2D eigenvalue weighted by atomic mass is 16.5. The van der Waals surface area contributed by atoms with E-state index in [1.807, 2.05) is 37.5 Å². The number of nitrogens with one attached hydrogen (secondary N) is 1. The number of rotatable bonds is 4. The summed E-state index contributed by atoms with van der Waals surface area (Å²) in [6.07, 6.45) is 6.27. The molecule has 0 bridgehead atoms. The number of carbonyl (C=O) groups excluding carboxylic acids is 2. The fraction of sp³-hybridized carbons (Fsp3) is 0.476. The van der Waals surface area contributed by atoms with Crippen LogP contribution in [-0.2, 0) is 21.4 Å². The Labute approximate surface area is 164 Å². The van der Waals surface area contributed by atoms with Gasteiger partial charge in [-0.2, -0.15) is 5.10 Å². The van der Waals surface area contributed by atoms with Gasteiger partial charge in [0.1, 0.15) is 5.75 Å². The summed E-state index contributed by atoms with van der Waals surface area (Å²) in [5.74, 6) is 0.0547. The number of esters is 1. The molecule has 1 N–H and O–H groups in total. The third-order valence-corrected chi connectivity index (χ3v) is 5.54. The molecule has 2 fully saturated rings. The molecule has 0 unspecified atom stereocenters. The van der Waals surface area contributed by atoms with Gasteiger partial charge in [-0.05, 0) is 42.9 Å². The van der Waals surface area contributed by atoms with E-state index in [4.69, 9.17) is 9.47 Å². The second-order valence-electron chi connectivity index (χ2n) is 7.58. The topological polar surface area (TPSA) is 82.5 Å². The Bertz CT molecular complexity index is 840. The van der Waals surface area contributed by atoms with Crippen LogP contribution < -0.4 is 10.1 Å². The first-order valence-electron chi connectivity index (χ1n) is 9.76. The number of ether oxygens (including phenoxy) is 2. The molecule has 2 aliphatic heterocycles. The fourth-order valence-corrected chi connectivity index (χ4v) is 3.96. The third kappa shape index (κ3) is 4.25. The van der Waals surface area contributed by atoms with Crippen LogP contribution in [0, 0.1) is 5.92 Å². The first-order chi connectivity index (χ1) is 13.6. The average Bonchev–Trinajstić information content (AvgIpc) is 3.15. The average molecular weight is 383 g/mol. The standard InChI is InChI=1S/C21H25N3O4/c1-24-13-17(12-22-24)19-10-16(11-20(25)23-19)21(26)28-18-4-2-14(3-5-18)15-6-8-27-9-7-15/h2-5,12-13,15-16,19H,6-11H2,1H3,(H,23,25)/t16-,19-/m0/s1. The Morgan fingerprint density at radius 3 is 2.64 bits per heavy atom. The molecule has 0 spiro atoms. The van der Waals surface area contributed by atoms with Crippen molar-refractivity contribution in [2.75, 3.05) is 13.2 Å². The molecule has 2 aromatic rings. The van der Waals surface area contributed by atoms with Gasteiger partial charge < -0.3 is 14.8 Å². The number of amides is 1. The molecule has 28 heavy (non-hydrogen) atoms. The monoisotopic (exact) mass is 383 g/mol. The molecule has 148 valence electrons. The van der Waals surface area contributed by atoms with Crippen LogP contribution in [0.3, 0.4) is 0 Å². The Hall–Kier alpha value is -2.67. The molecule has 1 aromatic heterocycles. The number of piperidine rings is 1. The molecule has 1 aromatic carbocycles. The van der Waals surface area contributed by atoms with Gasteiger partial charge in [0.25, 0.3) is 0 Å². The number of aromatic nitrogens is 2. The lowest BCUT2D eigenvalue weighted by Crippen LogP contribution is -2.40. The van der Waals surface area contributed by atoms with Crippen LogP contribution in [-0.4, -0.2) is 34.9 Å². The maximum Gasteiger partial charge on any atom is 0.314 e. The number of hydrogen-bond acceptors (Lipinski definition) is 5. The second kappa shape index (κ2) is 8.14. The zero-order valence-electron chi connectivity index (χ0n) is 16.0. The summed E-state index contributed by atoms with van der Waals surface area (Å²) < 4.78 is 12.7. The smallest absolute Gasteiger partial charge is 0.314 e. The molecule has 1 amide bonds. The molecule has 0 radical (unpaired) electrons. The Balaban J connectivity index is 1.39. The van der Waals surface area contributed by atoms with Crippen LogP contribution in [0.15, 0.2) is 36.7 Å². The quantitative estimate of drug-likeness (QED) is 0.648. The van der Waals surface area contributed by atoms with E-state index in [-0.39, 0.29) is 24.3 Å². The van der Waals surface area contributed by atoms with Crippen molar-refractivity contribution in [1.29, 1.82) is 0 Å². The normalized spacial score (nSPS) is 23.2. The van der Waals surface area contributed by atoms with Gasteiger partial charge in [0.05, 0.1) is 18.2 Å². The number of carbonyl (C=O) groups is 2. The third-order valence-electron chi connectivity index (χ3n) is 5.54. The van der Waals surface area contributed by atoms with Crippen molar-refractivity contribution in [3.63, 3.8) is 0 Å². The van der Waals surface area contributed by atoms with Crippen molar-refractivity contribution in [3.8, 4) is 5.75 Å². The SMILES string of the molecule is Cn1cc([C@@H]2C[C@H](C(=O)Oc3ccc(C4CCOCC4)cc3)CC(=O)N2)cn1. The van der Waals surface area contributed by atoms with Crippen LogP contribution >= 0.6 is 0 Å². The van der Waals surface area contributed by atoms with E-state index in [1.165, 1.54) is 5.56 Å². The molecule has 0 saturated carbocycles. The predicted molar refractivity (Wildman–Crippen MR) is 102 cm³/mol. The molecular formula is C21H25N3O4. The summed E-state index contributed by atoms with van der Waals surface area (Å²) in [5, 5.41) is 7.07. The van der Waals surface area contributed by atoms with Gasteiger partial charge in [-0.15, -0.1) is 0 Å². The van der Waals surface area contributed by atoms with Gasteiger partial charge in [-0.3, -0.25) is 14.3 Å². The summed E-state index contributed by atoms with van der Waals surface area (Å²) in [4.78, 5) is 24.7. The van der Waals surface area contributed by atoms with Crippen LogP contribution in [0.4, 0.5) is 0 Å². The van der Waals surface area contributed by atoms with E-state index in [0.717, 1.165) is 31.6 Å². The van der Waals surface area contributed by atoms with E-state index in [1.54, 1.807) is 10.9 Å². The van der Waals surface area contributed by atoms with Gasteiger partial charge in [-0.1, -0.05) is 12.1 Å². The minimum absolute atomic E-state index is 0.142. The van der Waals surface area contributed by atoms with Crippen molar-refractivity contribution >= 4 is 11.9 Å². The van der Waals surface area contributed by atoms with Crippen LogP contribution in [0.2, 0.25) is 0 Å². The maximum atomic E-state index is 12.6. The van der Waals surface area contributed by atoms with Crippen molar-refractivity contribution in [2.45, 2.75) is 37.6 Å². The molecular weight excluding hydrogens is 358 g/mol. The van der Waals surface area contributed by atoms with Gasteiger partial charge in [0, 0.05) is 38.4 Å². The zero-order chi connectivity index (χ0) is 19.5. The summed E-state index contributed by atoms with van der Waals surface area (Å²) in [5.41, 5.74) is 2.14. The van der Waals surface area contributed by atoms with Gasteiger partial charge in [-0.25, -0.2) is 0 Å². The summed E-state index contributed by atoms with van der Waals surface area (Å²) >= 11 is 0. The van der Waals surface area contributed by atoms with Crippen LogP contribution in [0.25, 0.3) is 0 Å². The Morgan fingerprint density at radius 1 is 1.21 bits per heavy atom. The molecule has 7 nitrogen and oxygen atoms in total. The molecule has 4 rings (SSSR count). The molecule has 0 aliphatic carbocycles. The molecule has 2 atom stereocenters. The van der Waals surface area contributed by atoms with E-state index in [9.17, 15) is 9.59 Å². The van der Waals surface area contributed by atoms with Crippen molar-refractivity contribution < 1.29 is 19.1 Å². The summed E-state index contributed by atoms with van der Waals surface area (Å²) in [6, 6.07) is 7.49. The summed E-state index contributed by atoms with van der Waals surface area (Å²) in [6.45, 7) is 1.59. The summed E-state index contributed by atoms with van der Waals surface area (Å²) in [7, 11) is 1.82. The predicted octanol–water partition coefficient (Wildman–Crippen LogP) is 2.49. The van der Waals surface area contributed by atoms with Gasteiger partial charge in [0.2, 0.25) is 5.91 Å². The van der Waals surface area contributed by atoms with Crippen molar-refractivity contribution in [3.05, 3.63) is 47.8 Å². The largest absolute Gasteiger partial charge is 0.426 e. The minimum Gasteiger partial charge on any atom is -0.426 e. The molecule has 7 heteroatoms. The number of aryl methyl sites for hydroxylation is 1. The number of benzene rings is 1. The number of hydrogen-bond donors (Lipinski definition) is 1. The van der Waals surface area contributed by atoms with E-state index < -0.39 is 5.92 Å². The highest BCUT2D eigenvalue weighted by Crippen LogP contribution is 2.30. The lowest BCUT2D eigenvalue weighted by Gasteiger charge is -2.28. The maximum absolute atomic E-state index is 12.6. The fourth-order valence-electron chi connectivity index (χ4n) is 3.96. The highest BCUT2D eigenvalue weighted by molar-refractivity contribution is 5.85. The molecule has 2 saturated heterocycles. The molecule has 2 aliphatic rings. The Kier molecular flexibility index (Phi) is 5.43.